The number of halogens is 2. The van der Waals surface area contributed by atoms with Gasteiger partial charge in [-0.15, -0.1) is 0 Å². The van der Waals surface area contributed by atoms with Crippen LogP contribution in [0.1, 0.15) is 21.7 Å². The van der Waals surface area contributed by atoms with Crippen molar-refractivity contribution in [3.63, 3.8) is 0 Å². The Hall–Kier alpha value is -3.02. The first-order valence-corrected chi connectivity index (χ1v) is 7.67. The summed E-state index contributed by atoms with van der Waals surface area (Å²) in [6, 6.07) is 14.0. The Balaban J connectivity index is 2.16. The fraction of sp³-hybridized carbons (Fsp3) is 0.158. The normalized spacial score (nSPS) is 10.9. The number of rotatable bonds is 5. The lowest BCUT2D eigenvalue weighted by molar-refractivity contribution is -0.0494. The number of hydrogen-bond donors (Lipinski definition) is 0. The van der Waals surface area contributed by atoms with Crippen LogP contribution < -0.4 is 4.74 Å². The van der Waals surface area contributed by atoms with Gasteiger partial charge in [0.05, 0.1) is 22.6 Å². The van der Waals surface area contributed by atoms with Crippen molar-refractivity contribution in [2.45, 2.75) is 20.5 Å². The van der Waals surface area contributed by atoms with Gasteiger partial charge in [0.1, 0.15) is 5.75 Å². The molecule has 0 N–H and O–H groups in total. The van der Waals surface area contributed by atoms with Crippen LogP contribution in [-0.4, -0.2) is 22.7 Å². The second-order valence-corrected chi connectivity index (χ2v) is 5.54. The minimum atomic E-state index is -2.91. The van der Waals surface area contributed by atoms with Crippen LogP contribution in [0.3, 0.4) is 0 Å². The maximum atomic E-state index is 12.7. The summed E-state index contributed by atoms with van der Waals surface area (Å²) in [5, 5.41) is 4.37. The summed E-state index contributed by atoms with van der Waals surface area (Å²) >= 11 is 0. The molecule has 0 atom stereocenters. The fourth-order valence-electron chi connectivity index (χ4n) is 2.77. The quantitative estimate of drug-likeness (QED) is 0.638. The van der Waals surface area contributed by atoms with E-state index in [-0.39, 0.29) is 5.75 Å². The Kier molecular flexibility index (Phi) is 4.61. The number of hydrogen-bond acceptors (Lipinski definition) is 3. The third-order valence-electron chi connectivity index (χ3n) is 3.97. The topological polar surface area (TPSA) is 44.1 Å². The monoisotopic (exact) mass is 342 g/mol. The summed E-state index contributed by atoms with van der Waals surface area (Å²) in [5.74, 6) is 0.0853. The van der Waals surface area contributed by atoms with E-state index in [1.807, 2.05) is 30.3 Å². The summed E-state index contributed by atoms with van der Waals surface area (Å²) in [7, 11) is 0. The number of carbonyl (C=O) groups excluding carboxylic acids is 1. The van der Waals surface area contributed by atoms with E-state index in [1.54, 1.807) is 30.7 Å². The Morgan fingerprint density at radius 3 is 2.44 bits per heavy atom. The van der Waals surface area contributed by atoms with Crippen LogP contribution in [-0.2, 0) is 0 Å². The maximum Gasteiger partial charge on any atom is 0.387 e. The Morgan fingerprint density at radius 2 is 1.84 bits per heavy atom. The van der Waals surface area contributed by atoms with Crippen LogP contribution in [0.15, 0.2) is 48.5 Å². The van der Waals surface area contributed by atoms with Crippen LogP contribution in [0.2, 0.25) is 0 Å². The molecular weight excluding hydrogens is 326 g/mol. The molecule has 0 aliphatic heterocycles. The number of aryl methyl sites for hydroxylation is 1. The van der Waals surface area contributed by atoms with Crippen LogP contribution in [0.5, 0.6) is 5.75 Å². The molecule has 2 aromatic carbocycles. The van der Waals surface area contributed by atoms with Crippen molar-refractivity contribution in [1.29, 1.82) is 0 Å². The Morgan fingerprint density at radius 1 is 1.12 bits per heavy atom. The van der Waals surface area contributed by atoms with Gasteiger partial charge in [-0.05, 0) is 37.6 Å². The van der Waals surface area contributed by atoms with E-state index in [4.69, 9.17) is 0 Å². The minimum absolute atomic E-state index is 0.0853. The molecule has 0 radical (unpaired) electrons. The zero-order chi connectivity index (χ0) is 18.0. The van der Waals surface area contributed by atoms with E-state index in [0.29, 0.717) is 28.2 Å². The van der Waals surface area contributed by atoms with Crippen molar-refractivity contribution in [1.82, 2.24) is 9.78 Å². The van der Waals surface area contributed by atoms with Crippen LogP contribution in [0, 0.1) is 13.8 Å². The highest BCUT2D eigenvalue weighted by Gasteiger charge is 2.16. The smallest absolute Gasteiger partial charge is 0.387 e. The number of alkyl halides is 2. The Labute approximate surface area is 143 Å². The van der Waals surface area contributed by atoms with Gasteiger partial charge < -0.3 is 4.74 Å². The number of aromatic nitrogens is 2. The highest BCUT2D eigenvalue weighted by Crippen LogP contribution is 2.33. The van der Waals surface area contributed by atoms with E-state index in [1.165, 1.54) is 6.07 Å². The lowest BCUT2D eigenvalue weighted by Crippen LogP contribution is -2.05. The van der Waals surface area contributed by atoms with Crippen LogP contribution >= 0.6 is 0 Å². The molecule has 6 heteroatoms. The molecule has 3 rings (SSSR count). The van der Waals surface area contributed by atoms with Crippen molar-refractivity contribution < 1.29 is 18.3 Å². The predicted molar refractivity (Wildman–Crippen MR) is 90.5 cm³/mol. The molecule has 0 unspecified atom stereocenters. The van der Waals surface area contributed by atoms with Gasteiger partial charge in [0.15, 0.2) is 6.29 Å². The van der Waals surface area contributed by atoms with Crippen molar-refractivity contribution in [3.05, 3.63) is 65.5 Å². The van der Waals surface area contributed by atoms with Gasteiger partial charge in [-0.2, -0.15) is 13.9 Å². The summed E-state index contributed by atoms with van der Waals surface area (Å²) < 4.78 is 31.7. The molecule has 0 bridgehead atoms. The van der Waals surface area contributed by atoms with Gasteiger partial charge in [0.2, 0.25) is 0 Å². The highest BCUT2D eigenvalue weighted by atomic mass is 19.3. The second-order valence-electron chi connectivity index (χ2n) is 5.54. The first kappa shape index (κ1) is 16.8. The molecule has 0 saturated carbocycles. The molecule has 3 aromatic rings. The van der Waals surface area contributed by atoms with Crippen molar-refractivity contribution in [3.8, 4) is 22.6 Å². The third-order valence-corrected chi connectivity index (χ3v) is 3.97. The fourth-order valence-corrected chi connectivity index (χ4v) is 2.77. The highest BCUT2D eigenvalue weighted by molar-refractivity contribution is 5.79. The molecule has 128 valence electrons. The third kappa shape index (κ3) is 3.28. The van der Waals surface area contributed by atoms with Crippen LogP contribution in [0.25, 0.3) is 16.8 Å². The van der Waals surface area contributed by atoms with E-state index >= 15 is 0 Å². The molecule has 0 spiro atoms. The van der Waals surface area contributed by atoms with Crippen LogP contribution in [0.4, 0.5) is 8.78 Å². The lowest BCUT2D eigenvalue weighted by Gasteiger charge is -2.13. The Bertz CT molecular complexity index is 905. The average Bonchev–Trinajstić information content (AvgIpc) is 2.89. The molecule has 1 heterocycles. The number of ether oxygens (including phenoxy) is 1. The standard InChI is InChI=1S/C19H16F2N2O2/c1-12-17(11-24)13(2)23(22-12)15-8-9-18(25-19(20)21)16(10-15)14-6-4-3-5-7-14/h3-11,19H,1-2H3. The largest absolute Gasteiger partial charge is 0.434 e. The summed E-state index contributed by atoms with van der Waals surface area (Å²) in [4.78, 5) is 11.2. The van der Waals surface area contributed by atoms with Gasteiger partial charge in [0, 0.05) is 5.56 Å². The SMILES string of the molecule is Cc1nn(-c2ccc(OC(F)F)c(-c3ccccc3)c2)c(C)c1C=O. The van der Waals surface area contributed by atoms with E-state index in [9.17, 15) is 13.6 Å². The van der Waals surface area contributed by atoms with Gasteiger partial charge in [0.25, 0.3) is 0 Å². The van der Waals surface area contributed by atoms with E-state index in [2.05, 4.69) is 9.84 Å². The molecule has 0 fully saturated rings. The van der Waals surface area contributed by atoms with Crippen molar-refractivity contribution in [2.75, 3.05) is 0 Å². The van der Waals surface area contributed by atoms with Crippen molar-refractivity contribution >= 4 is 6.29 Å². The molecule has 0 saturated heterocycles. The lowest BCUT2D eigenvalue weighted by atomic mass is 10.0. The summed E-state index contributed by atoms with van der Waals surface area (Å²) in [6.45, 7) is 0.624. The second kappa shape index (κ2) is 6.84. The molecule has 0 aliphatic rings. The van der Waals surface area contributed by atoms with E-state index in [0.717, 1.165) is 11.8 Å². The molecule has 1 aromatic heterocycles. The molecule has 0 amide bonds. The minimum Gasteiger partial charge on any atom is -0.434 e. The zero-order valence-corrected chi connectivity index (χ0v) is 13.7. The molecule has 4 nitrogen and oxygen atoms in total. The first-order chi connectivity index (χ1) is 12.0. The molecule has 0 aliphatic carbocycles. The number of carbonyl (C=O) groups is 1. The summed E-state index contributed by atoms with van der Waals surface area (Å²) in [5.41, 5.74) is 3.76. The van der Waals surface area contributed by atoms with Gasteiger partial charge in [-0.25, -0.2) is 4.68 Å². The predicted octanol–water partition coefficient (Wildman–Crippen LogP) is 4.57. The number of benzene rings is 2. The maximum absolute atomic E-state index is 12.7. The van der Waals surface area contributed by atoms with E-state index < -0.39 is 6.61 Å². The van der Waals surface area contributed by atoms with Gasteiger partial charge in [-0.1, -0.05) is 30.3 Å². The first-order valence-electron chi connectivity index (χ1n) is 7.67. The van der Waals surface area contributed by atoms with Gasteiger partial charge >= 0.3 is 6.61 Å². The zero-order valence-electron chi connectivity index (χ0n) is 13.7. The van der Waals surface area contributed by atoms with Gasteiger partial charge in [-0.3, -0.25) is 4.79 Å². The molecular formula is C19H16F2N2O2. The molecule has 25 heavy (non-hydrogen) atoms. The van der Waals surface area contributed by atoms with Crippen molar-refractivity contribution in [2.24, 2.45) is 0 Å². The number of nitrogens with zero attached hydrogens (tertiary/aromatic N) is 2. The number of aldehydes is 1. The summed E-state index contributed by atoms with van der Waals surface area (Å²) in [6.07, 6.45) is 0.764. The average molecular weight is 342 g/mol.